The first-order chi connectivity index (χ1) is 7.19. The third-order valence-corrected chi connectivity index (χ3v) is 1.79. The second-order valence-corrected chi connectivity index (χ2v) is 3.07. The number of nitriles is 1. The summed E-state index contributed by atoms with van der Waals surface area (Å²) in [5.74, 6) is 0.276. The van der Waals surface area contributed by atoms with Crippen LogP contribution in [-0.2, 0) is 4.74 Å². The van der Waals surface area contributed by atoms with Gasteiger partial charge < -0.3 is 15.2 Å². The number of rotatable bonds is 4. The number of nitrogen functional groups attached to an aromatic ring is 1. The van der Waals surface area contributed by atoms with E-state index < -0.39 is 0 Å². The molecule has 15 heavy (non-hydrogen) atoms. The van der Waals surface area contributed by atoms with Crippen molar-refractivity contribution in [2.24, 2.45) is 0 Å². The quantitative estimate of drug-likeness (QED) is 0.794. The monoisotopic (exact) mass is 207 g/mol. The third-order valence-electron chi connectivity index (χ3n) is 1.79. The normalized spacial score (nSPS) is 11.8. The first-order valence-electron chi connectivity index (χ1n) is 4.49. The van der Waals surface area contributed by atoms with E-state index in [0.29, 0.717) is 12.2 Å². The molecule has 80 valence electrons. The van der Waals surface area contributed by atoms with Crippen LogP contribution in [0.3, 0.4) is 0 Å². The second kappa shape index (κ2) is 5.17. The van der Waals surface area contributed by atoms with E-state index in [4.69, 9.17) is 20.5 Å². The number of anilines is 1. The standard InChI is InChI=1S/C10H13N3O2/c1-7(6-14-2)15-10-9(12)8(5-11)3-4-13-10/h3-4,7H,6,12H2,1-2H3. The molecule has 1 aromatic rings. The average molecular weight is 207 g/mol. The van der Waals surface area contributed by atoms with Gasteiger partial charge in [0.2, 0.25) is 5.88 Å². The highest BCUT2D eigenvalue weighted by molar-refractivity contribution is 5.59. The molecule has 5 heteroatoms. The van der Waals surface area contributed by atoms with Gasteiger partial charge in [0.05, 0.1) is 12.2 Å². The van der Waals surface area contributed by atoms with Crippen molar-refractivity contribution in [1.82, 2.24) is 4.98 Å². The molecule has 0 fully saturated rings. The number of nitrogens with two attached hydrogens (primary N) is 1. The summed E-state index contributed by atoms with van der Waals surface area (Å²) in [6, 6.07) is 3.51. The summed E-state index contributed by atoms with van der Waals surface area (Å²) in [6.07, 6.45) is 1.34. The van der Waals surface area contributed by atoms with Crippen molar-refractivity contribution in [2.45, 2.75) is 13.0 Å². The minimum absolute atomic E-state index is 0.154. The van der Waals surface area contributed by atoms with Gasteiger partial charge in [0.25, 0.3) is 0 Å². The molecule has 0 spiro atoms. The lowest BCUT2D eigenvalue weighted by atomic mass is 10.2. The Kier molecular flexibility index (Phi) is 3.89. The van der Waals surface area contributed by atoms with Crippen molar-refractivity contribution in [2.75, 3.05) is 19.5 Å². The van der Waals surface area contributed by atoms with E-state index in [-0.39, 0.29) is 17.7 Å². The van der Waals surface area contributed by atoms with Crippen LogP contribution >= 0.6 is 0 Å². The molecule has 1 unspecified atom stereocenters. The Balaban J connectivity index is 2.82. The van der Waals surface area contributed by atoms with Crippen LogP contribution in [0.2, 0.25) is 0 Å². The SMILES string of the molecule is COCC(C)Oc1nccc(C#N)c1N. The van der Waals surface area contributed by atoms with Crippen molar-refractivity contribution >= 4 is 5.69 Å². The maximum atomic E-state index is 8.74. The number of pyridine rings is 1. The lowest BCUT2D eigenvalue weighted by molar-refractivity contribution is 0.0895. The molecule has 0 aliphatic carbocycles. The molecular formula is C10H13N3O2. The molecule has 0 saturated heterocycles. The highest BCUT2D eigenvalue weighted by Crippen LogP contribution is 2.22. The molecule has 0 aliphatic heterocycles. The van der Waals surface area contributed by atoms with Gasteiger partial charge in [-0.1, -0.05) is 0 Å². The van der Waals surface area contributed by atoms with Gasteiger partial charge in [0.1, 0.15) is 17.9 Å². The summed E-state index contributed by atoms with van der Waals surface area (Å²) in [7, 11) is 1.59. The maximum absolute atomic E-state index is 8.74. The number of ether oxygens (including phenoxy) is 2. The molecule has 0 saturated carbocycles. The van der Waals surface area contributed by atoms with Crippen LogP contribution in [0.1, 0.15) is 12.5 Å². The van der Waals surface area contributed by atoms with Crippen LogP contribution in [0.4, 0.5) is 5.69 Å². The van der Waals surface area contributed by atoms with Gasteiger partial charge in [-0.25, -0.2) is 4.98 Å². The van der Waals surface area contributed by atoms with E-state index in [1.54, 1.807) is 13.2 Å². The first kappa shape index (κ1) is 11.3. The number of nitrogens with zero attached hydrogens (tertiary/aromatic N) is 2. The summed E-state index contributed by atoms with van der Waals surface area (Å²) in [4.78, 5) is 3.96. The fourth-order valence-electron chi connectivity index (χ4n) is 1.10. The van der Waals surface area contributed by atoms with E-state index >= 15 is 0 Å². The fourth-order valence-corrected chi connectivity index (χ4v) is 1.10. The van der Waals surface area contributed by atoms with Crippen molar-refractivity contribution in [3.8, 4) is 11.9 Å². The van der Waals surface area contributed by atoms with E-state index in [9.17, 15) is 0 Å². The number of aromatic nitrogens is 1. The molecule has 1 heterocycles. The largest absolute Gasteiger partial charge is 0.471 e. The molecule has 0 bridgehead atoms. The van der Waals surface area contributed by atoms with Crippen LogP contribution in [0.25, 0.3) is 0 Å². The van der Waals surface area contributed by atoms with Gasteiger partial charge in [-0.15, -0.1) is 0 Å². The van der Waals surface area contributed by atoms with Crippen molar-refractivity contribution < 1.29 is 9.47 Å². The first-order valence-corrected chi connectivity index (χ1v) is 4.49. The van der Waals surface area contributed by atoms with E-state index in [0.717, 1.165) is 0 Å². The molecule has 0 radical (unpaired) electrons. The maximum Gasteiger partial charge on any atom is 0.238 e. The van der Waals surface area contributed by atoms with Crippen molar-refractivity contribution in [3.63, 3.8) is 0 Å². The lowest BCUT2D eigenvalue weighted by Crippen LogP contribution is -2.19. The van der Waals surface area contributed by atoms with Crippen LogP contribution in [0, 0.1) is 11.3 Å². The topological polar surface area (TPSA) is 81.2 Å². The predicted octanol–water partition coefficient (Wildman–Crippen LogP) is 0.949. The fraction of sp³-hybridized carbons (Fsp3) is 0.400. The molecular weight excluding hydrogens is 194 g/mol. The molecule has 1 atom stereocenters. The Hall–Kier alpha value is -1.80. The summed E-state index contributed by atoms with van der Waals surface area (Å²) < 4.78 is 10.3. The second-order valence-electron chi connectivity index (χ2n) is 3.07. The van der Waals surface area contributed by atoms with Gasteiger partial charge in [-0.2, -0.15) is 5.26 Å². The predicted molar refractivity (Wildman–Crippen MR) is 55.3 cm³/mol. The molecule has 5 nitrogen and oxygen atoms in total. The smallest absolute Gasteiger partial charge is 0.238 e. The highest BCUT2D eigenvalue weighted by Gasteiger charge is 2.10. The lowest BCUT2D eigenvalue weighted by Gasteiger charge is -2.14. The summed E-state index contributed by atoms with van der Waals surface area (Å²) in [5.41, 5.74) is 6.32. The number of hydrogen-bond acceptors (Lipinski definition) is 5. The Labute approximate surface area is 88.4 Å². The zero-order chi connectivity index (χ0) is 11.3. The number of hydrogen-bond donors (Lipinski definition) is 1. The van der Waals surface area contributed by atoms with Crippen LogP contribution in [-0.4, -0.2) is 24.8 Å². The van der Waals surface area contributed by atoms with Gasteiger partial charge in [0.15, 0.2) is 0 Å². The summed E-state index contributed by atoms with van der Waals surface area (Å²) in [6.45, 7) is 2.28. The zero-order valence-electron chi connectivity index (χ0n) is 8.73. The van der Waals surface area contributed by atoms with Gasteiger partial charge in [-0.3, -0.25) is 0 Å². The Morgan fingerprint density at radius 3 is 3.00 bits per heavy atom. The van der Waals surface area contributed by atoms with Gasteiger partial charge in [-0.05, 0) is 13.0 Å². The Morgan fingerprint density at radius 2 is 2.40 bits per heavy atom. The molecule has 0 amide bonds. The zero-order valence-corrected chi connectivity index (χ0v) is 8.73. The Bertz CT molecular complexity index is 373. The molecule has 0 aromatic carbocycles. The van der Waals surface area contributed by atoms with E-state index in [1.807, 2.05) is 13.0 Å². The molecule has 1 rings (SSSR count). The minimum Gasteiger partial charge on any atom is -0.471 e. The number of methoxy groups -OCH3 is 1. The summed E-state index contributed by atoms with van der Waals surface area (Å²) >= 11 is 0. The van der Waals surface area contributed by atoms with Crippen LogP contribution in [0.5, 0.6) is 5.88 Å². The average Bonchev–Trinajstić information content (AvgIpc) is 2.21. The Morgan fingerprint density at radius 1 is 1.67 bits per heavy atom. The van der Waals surface area contributed by atoms with Gasteiger partial charge >= 0.3 is 0 Å². The molecule has 0 aliphatic rings. The van der Waals surface area contributed by atoms with Gasteiger partial charge in [0, 0.05) is 13.3 Å². The van der Waals surface area contributed by atoms with Crippen molar-refractivity contribution in [1.29, 1.82) is 5.26 Å². The molecule has 1 aromatic heterocycles. The molecule has 2 N–H and O–H groups in total. The third kappa shape index (κ3) is 2.82. The van der Waals surface area contributed by atoms with E-state index in [1.165, 1.54) is 6.20 Å². The summed E-state index contributed by atoms with van der Waals surface area (Å²) in [5, 5.41) is 8.74. The van der Waals surface area contributed by atoms with Crippen LogP contribution < -0.4 is 10.5 Å². The van der Waals surface area contributed by atoms with E-state index in [2.05, 4.69) is 4.98 Å². The van der Waals surface area contributed by atoms with Crippen molar-refractivity contribution in [3.05, 3.63) is 17.8 Å². The highest BCUT2D eigenvalue weighted by atomic mass is 16.5. The van der Waals surface area contributed by atoms with Crippen LogP contribution in [0.15, 0.2) is 12.3 Å². The minimum atomic E-state index is -0.154.